The van der Waals surface area contributed by atoms with Gasteiger partial charge in [-0.2, -0.15) is 13.2 Å². The lowest BCUT2D eigenvalue weighted by molar-refractivity contribution is -0.153. The Bertz CT molecular complexity index is 444. The molecule has 0 spiro atoms. The van der Waals surface area contributed by atoms with Crippen molar-refractivity contribution in [2.75, 3.05) is 11.9 Å². The summed E-state index contributed by atoms with van der Waals surface area (Å²) in [5.41, 5.74) is 6.12. The summed E-state index contributed by atoms with van der Waals surface area (Å²) in [5.74, 6) is -0.276. The average Bonchev–Trinajstić information content (AvgIpc) is 2.36. The first-order valence-electron chi connectivity index (χ1n) is 6.05. The second kappa shape index (κ2) is 6.60. The van der Waals surface area contributed by atoms with Crippen LogP contribution >= 0.6 is 0 Å². The zero-order valence-corrected chi connectivity index (χ0v) is 11.2. The van der Waals surface area contributed by atoms with E-state index in [9.17, 15) is 18.0 Å². The number of carbonyl (C=O) groups excluding carboxylic acids is 1. The molecule has 0 aliphatic carbocycles. The van der Waals surface area contributed by atoms with Gasteiger partial charge in [0.2, 0.25) is 5.91 Å². The molecule has 112 valence electrons. The Kier molecular flexibility index (Phi) is 5.38. The van der Waals surface area contributed by atoms with Crippen LogP contribution in [-0.2, 0) is 4.79 Å². The highest BCUT2D eigenvalue weighted by molar-refractivity contribution is 5.94. The van der Waals surface area contributed by atoms with Crippen molar-refractivity contribution in [3.05, 3.63) is 24.3 Å². The van der Waals surface area contributed by atoms with Crippen molar-refractivity contribution < 1.29 is 22.7 Å². The number of benzene rings is 1. The van der Waals surface area contributed by atoms with Gasteiger partial charge >= 0.3 is 6.18 Å². The smallest absolute Gasteiger partial charge is 0.422 e. The number of carbonyl (C=O) groups is 1. The molecular weight excluding hydrogens is 273 g/mol. The third kappa shape index (κ3) is 5.48. The van der Waals surface area contributed by atoms with Crippen molar-refractivity contribution in [3.8, 4) is 5.75 Å². The largest absolute Gasteiger partial charge is 0.484 e. The Hall–Kier alpha value is -1.76. The molecule has 0 saturated heterocycles. The highest BCUT2D eigenvalue weighted by Gasteiger charge is 2.28. The summed E-state index contributed by atoms with van der Waals surface area (Å²) in [6.45, 7) is 2.29. The minimum atomic E-state index is -4.38. The van der Waals surface area contributed by atoms with Crippen LogP contribution in [0.1, 0.15) is 13.8 Å². The highest BCUT2D eigenvalue weighted by Crippen LogP contribution is 2.20. The van der Waals surface area contributed by atoms with E-state index in [-0.39, 0.29) is 17.6 Å². The van der Waals surface area contributed by atoms with Crippen LogP contribution in [0, 0.1) is 5.92 Å². The Morgan fingerprint density at radius 3 is 2.30 bits per heavy atom. The van der Waals surface area contributed by atoms with Gasteiger partial charge in [-0.15, -0.1) is 0 Å². The fourth-order valence-corrected chi connectivity index (χ4v) is 1.33. The molecule has 0 radical (unpaired) electrons. The number of rotatable bonds is 5. The first-order valence-corrected chi connectivity index (χ1v) is 6.05. The number of amides is 1. The van der Waals surface area contributed by atoms with E-state index < -0.39 is 18.8 Å². The zero-order valence-electron chi connectivity index (χ0n) is 11.2. The van der Waals surface area contributed by atoms with E-state index in [1.165, 1.54) is 24.3 Å². The van der Waals surface area contributed by atoms with Gasteiger partial charge in [0.15, 0.2) is 6.61 Å². The van der Waals surface area contributed by atoms with Crippen molar-refractivity contribution in [1.29, 1.82) is 0 Å². The average molecular weight is 290 g/mol. The standard InChI is InChI=1S/C13H17F3N2O2/c1-8(2)11(17)12(19)18-9-3-5-10(6-4-9)20-7-13(14,15)16/h3-6,8,11H,7,17H2,1-2H3,(H,18,19). The Morgan fingerprint density at radius 2 is 1.85 bits per heavy atom. The fraction of sp³-hybridized carbons (Fsp3) is 0.462. The molecule has 1 aromatic rings. The summed E-state index contributed by atoms with van der Waals surface area (Å²) in [6.07, 6.45) is -4.38. The summed E-state index contributed by atoms with van der Waals surface area (Å²) in [7, 11) is 0. The predicted molar refractivity (Wildman–Crippen MR) is 69.4 cm³/mol. The minimum absolute atomic E-state index is 0.00982. The monoisotopic (exact) mass is 290 g/mol. The maximum absolute atomic E-state index is 12.0. The van der Waals surface area contributed by atoms with E-state index >= 15 is 0 Å². The van der Waals surface area contributed by atoms with Crippen molar-refractivity contribution in [1.82, 2.24) is 0 Å². The Morgan fingerprint density at radius 1 is 1.30 bits per heavy atom. The number of ether oxygens (including phenoxy) is 1. The summed E-state index contributed by atoms with van der Waals surface area (Å²) < 4.78 is 40.4. The SMILES string of the molecule is CC(C)C(N)C(=O)Nc1ccc(OCC(F)(F)F)cc1. The molecule has 1 rings (SSSR count). The fourth-order valence-electron chi connectivity index (χ4n) is 1.33. The van der Waals surface area contributed by atoms with Crippen molar-refractivity contribution >= 4 is 11.6 Å². The molecule has 0 bridgehead atoms. The lowest BCUT2D eigenvalue weighted by atomic mass is 10.1. The van der Waals surface area contributed by atoms with Crippen LogP contribution in [0.25, 0.3) is 0 Å². The molecular formula is C13H17F3N2O2. The van der Waals surface area contributed by atoms with E-state index in [0.29, 0.717) is 5.69 Å². The predicted octanol–water partition coefficient (Wildman–Crippen LogP) is 2.55. The molecule has 1 aromatic carbocycles. The molecule has 0 fully saturated rings. The third-order valence-corrected chi connectivity index (χ3v) is 2.55. The van der Waals surface area contributed by atoms with Crippen LogP contribution in [0.2, 0.25) is 0 Å². The number of halogens is 3. The number of alkyl halides is 3. The van der Waals surface area contributed by atoms with Gasteiger partial charge in [-0.1, -0.05) is 13.8 Å². The Labute approximate surface area is 115 Å². The zero-order chi connectivity index (χ0) is 15.3. The second-order valence-electron chi connectivity index (χ2n) is 4.69. The molecule has 1 atom stereocenters. The van der Waals surface area contributed by atoms with Crippen LogP contribution in [0.5, 0.6) is 5.75 Å². The maximum Gasteiger partial charge on any atom is 0.422 e. The van der Waals surface area contributed by atoms with Gasteiger partial charge < -0.3 is 15.8 Å². The summed E-state index contributed by atoms with van der Waals surface area (Å²) in [4.78, 5) is 11.7. The molecule has 1 amide bonds. The van der Waals surface area contributed by atoms with E-state index in [0.717, 1.165) is 0 Å². The maximum atomic E-state index is 12.0. The first-order chi connectivity index (χ1) is 9.19. The summed E-state index contributed by atoms with van der Waals surface area (Å²) >= 11 is 0. The molecule has 1 unspecified atom stereocenters. The van der Waals surface area contributed by atoms with Gasteiger partial charge in [0.25, 0.3) is 0 Å². The van der Waals surface area contributed by atoms with Crippen molar-refractivity contribution in [2.24, 2.45) is 11.7 Å². The van der Waals surface area contributed by atoms with Crippen LogP contribution in [-0.4, -0.2) is 24.7 Å². The number of anilines is 1. The van der Waals surface area contributed by atoms with E-state index in [1.54, 1.807) is 0 Å². The van der Waals surface area contributed by atoms with Gasteiger partial charge in [-0.25, -0.2) is 0 Å². The van der Waals surface area contributed by atoms with Crippen LogP contribution in [0.4, 0.5) is 18.9 Å². The first kappa shape index (κ1) is 16.3. The van der Waals surface area contributed by atoms with Crippen LogP contribution in [0.15, 0.2) is 24.3 Å². The Balaban J connectivity index is 2.57. The molecule has 3 N–H and O–H groups in total. The molecule has 0 aliphatic heterocycles. The lowest BCUT2D eigenvalue weighted by Crippen LogP contribution is -2.39. The quantitative estimate of drug-likeness (QED) is 0.876. The van der Waals surface area contributed by atoms with Crippen molar-refractivity contribution in [3.63, 3.8) is 0 Å². The van der Waals surface area contributed by atoms with Gasteiger partial charge in [-0.3, -0.25) is 4.79 Å². The molecule has 7 heteroatoms. The normalized spacial score (nSPS) is 13.2. The topological polar surface area (TPSA) is 64.4 Å². The number of hydrogen-bond acceptors (Lipinski definition) is 3. The van der Waals surface area contributed by atoms with Gasteiger partial charge in [0.05, 0.1) is 6.04 Å². The molecule has 4 nitrogen and oxygen atoms in total. The summed E-state index contributed by atoms with van der Waals surface area (Å²) in [5, 5.41) is 2.58. The van der Waals surface area contributed by atoms with Gasteiger partial charge in [0.1, 0.15) is 5.75 Å². The second-order valence-corrected chi connectivity index (χ2v) is 4.69. The summed E-state index contributed by atoms with van der Waals surface area (Å²) in [6, 6.07) is 4.97. The lowest BCUT2D eigenvalue weighted by Gasteiger charge is -2.15. The van der Waals surface area contributed by atoms with Gasteiger partial charge in [0, 0.05) is 5.69 Å². The van der Waals surface area contributed by atoms with E-state index in [2.05, 4.69) is 10.1 Å². The van der Waals surface area contributed by atoms with E-state index in [1.807, 2.05) is 13.8 Å². The van der Waals surface area contributed by atoms with Crippen LogP contribution < -0.4 is 15.8 Å². The molecule has 0 heterocycles. The number of nitrogens with two attached hydrogens (primary N) is 1. The molecule has 0 aromatic heterocycles. The number of nitrogens with one attached hydrogen (secondary N) is 1. The van der Waals surface area contributed by atoms with Crippen LogP contribution in [0.3, 0.4) is 0 Å². The molecule has 20 heavy (non-hydrogen) atoms. The third-order valence-electron chi connectivity index (χ3n) is 2.55. The molecule has 0 aliphatic rings. The van der Waals surface area contributed by atoms with Gasteiger partial charge in [-0.05, 0) is 30.2 Å². The molecule has 0 saturated carbocycles. The van der Waals surface area contributed by atoms with Crippen molar-refractivity contribution in [2.45, 2.75) is 26.1 Å². The number of hydrogen-bond donors (Lipinski definition) is 2. The minimum Gasteiger partial charge on any atom is -0.484 e. The highest BCUT2D eigenvalue weighted by atomic mass is 19.4. The van der Waals surface area contributed by atoms with E-state index in [4.69, 9.17) is 5.73 Å².